The molecule has 0 saturated heterocycles. The summed E-state index contributed by atoms with van der Waals surface area (Å²) in [5.74, 6) is -0.0663. The zero-order valence-electron chi connectivity index (χ0n) is 17.1. The van der Waals surface area contributed by atoms with Crippen LogP contribution in [0.4, 0.5) is 0 Å². The van der Waals surface area contributed by atoms with Crippen LogP contribution in [0.2, 0.25) is 0 Å². The van der Waals surface area contributed by atoms with Gasteiger partial charge >= 0.3 is 5.97 Å². The van der Waals surface area contributed by atoms with Gasteiger partial charge in [0.1, 0.15) is 0 Å². The molecule has 0 saturated carbocycles. The van der Waals surface area contributed by atoms with E-state index >= 15 is 0 Å². The predicted octanol–water partition coefficient (Wildman–Crippen LogP) is 5.72. The first kappa shape index (κ1) is 23.4. The third-order valence-electron chi connectivity index (χ3n) is 4.69. The fourth-order valence-corrected chi connectivity index (χ4v) is 3.08. The van der Waals surface area contributed by atoms with E-state index in [1.54, 1.807) is 0 Å². The lowest BCUT2D eigenvalue weighted by atomic mass is 10.0. The smallest absolute Gasteiger partial charge is 0.305 e. The van der Waals surface area contributed by atoms with Gasteiger partial charge in [-0.2, -0.15) is 0 Å². The summed E-state index contributed by atoms with van der Waals surface area (Å²) in [7, 11) is 8.31. The monoisotopic (exact) mass is 342 g/mol. The number of carbonyl (C=O) groups excluding carboxylic acids is 1. The first-order valence-electron chi connectivity index (χ1n) is 10.3. The Morgan fingerprint density at radius 2 is 0.958 bits per heavy atom. The van der Waals surface area contributed by atoms with Crippen LogP contribution < -0.4 is 0 Å². The first-order valence-corrected chi connectivity index (χ1v) is 10.3. The Kier molecular flexibility index (Phi) is 15.6. The molecular weight excluding hydrogens is 298 g/mol. The van der Waals surface area contributed by atoms with E-state index in [1.165, 1.54) is 97.1 Å². The quantitative estimate of drug-likeness (QED) is 0.192. The van der Waals surface area contributed by atoms with E-state index in [1.807, 2.05) is 0 Å². The molecule has 3 heteroatoms. The van der Waals surface area contributed by atoms with E-state index in [2.05, 4.69) is 25.9 Å². The van der Waals surface area contributed by atoms with Crippen LogP contribution in [0.15, 0.2) is 0 Å². The SMILES string of the molecule is COC(=O)CCCCCCCCCCCCCCCC[N+](C)(C)C. The van der Waals surface area contributed by atoms with Crippen molar-refractivity contribution in [3.63, 3.8) is 0 Å². The number of methoxy groups -OCH3 is 1. The topological polar surface area (TPSA) is 26.3 Å². The van der Waals surface area contributed by atoms with Crippen LogP contribution in [0.5, 0.6) is 0 Å². The zero-order chi connectivity index (χ0) is 18.1. The van der Waals surface area contributed by atoms with Gasteiger partial charge in [0.15, 0.2) is 0 Å². The van der Waals surface area contributed by atoms with E-state index in [9.17, 15) is 4.79 Å². The number of rotatable bonds is 17. The Morgan fingerprint density at radius 1 is 0.625 bits per heavy atom. The largest absolute Gasteiger partial charge is 0.469 e. The summed E-state index contributed by atoms with van der Waals surface area (Å²) in [6, 6.07) is 0. The van der Waals surface area contributed by atoms with Gasteiger partial charge in [-0.25, -0.2) is 0 Å². The molecule has 0 amide bonds. The van der Waals surface area contributed by atoms with Gasteiger partial charge in [-0.1, -0.05) is 70.6 Å². The highest BCUT2D eigenvalue weighted by Crippen LogP contribution is 2.13. The van der Waals surface area contributed by atoms with Crippen molar-refractivity contribution in [3.05, 3.63) is 0 Å². The standard InChI is InChI=1S/C21H44NO2/c1-22(2,3)20-18-16-14-12-10-8-6-5-7-9-11-13-15-17-19-21(23)24-4/h5-20H2,1-4H3/q+1. The van der Waals surface area contributed by atoms with Crippen LogP contribution in [-0.4, -0.2) is 45.2 Å². The molecule has 24 heavy (non-hydrogen) atoms. The number of unbranched alkanes of at least 4 members (excludes halogenated alkanes) is 13. The fourth-order valence-electron chi connectivity index (χ4n) is 3.08. The fraction of sp³-hybridized carbons (Fsp3) is 0.952. The molecule has 0 atom stereocenters. The van der Waals surface area contributed by atoms with Gasteiger partial charge in [-0.15, -0.1) is 0 Å². The van der Waals surface area contributed by atoms with Gasteiger partial charge < -0.3 is 9.22 Å². The van der Waals surface area contributed by atoms with Crippen molar-refractivity contribution in [1.82, 2.24) is 0 Å². The molecule has 0 aliphatic rings. The highest BCUT2D eigenvalue weighted by atomic mass is 16.5. The number of carbonyl (C=O) groups is 1. The molecule has 0 heterocycles. The minimum absolute atomic E-state index is 0.0663. The summed E-state index contributed by atoms with van der Waals surface area (Å²) in [6.07, 6.45) is 19.4. The summed E-state index contributed by atoms with van der Waals surface area (Å²) in [6.45, 7) is 1.31. The van der Waals surface area contributed by atoms with Gasteiger partial charge in [0.05, 0.1) is 34.8 Å². The van der Waals surface area contributed by atoms with Gasteiger partial charge in [-0.3, -0.25) is 4.79 Å². The number of nitrogens with zero attached hydrogens (tertiary/aromatic N) is 1. The molecule has 0 rings (SSSR count). The minimum atomic E-state index is -0.0663. The van der Waals surface area contributed by atoms with Crippen LogP contribution in [-0.2, 0) is 9.53 Å². The van der Waals surface area contributed by atoms with Crippen LogP contribution >= 0.6 is 0 Å². The lowest BCUT2D eigenvalue weighted by Crippen LogP contribution is -2.35. The highest BCUT2D eigenvalue weighted by molar-refractivity contribution is 5.68. The average molecular weight is 343 g/mol. The Bertz CT molecular complexity index is 284. The van der Waals surface area contributed by atoms with Crippen molar-refractivity contribution in [3.8, 4) is 0 Å². The molecule has 0 radical (unpaired) electrons. The zero-order valence-corrected chi connectivity index (χ0v) is 17.1. The minimum Gasteiger partial charge on any atom is -0.469 e. The summed E-state index contributed by atoms with van der Waals surface area (Å²) >= 11 is 0. The molecule has 0 aromatic carbocycles. The lowest BCUT2D eigenvalue weighted by molar-refractivity contribution is -0.870. The first-order chi connectivity index (χ1) is 11.5. The van der Waals surface area contributed by atoms with Gasteiger partial charge in [0.2, 0.25) is 0 Å². The lowest BCUT2D eigenvalue weighted by Gasteiger charge is -2.23. The molecule has 0 bridgehead atoms. The molecule has 0 fully saturated rings. The Labute approximate surface area is 151 Å². The number of quaternary nitrogens is 1. The molecule has 3 nitrogen and oxygen atoms in total. The number of ether oxygens (including phenoxy) is 1. The number of hydrogen-bond acceptors (Lipinski definition) is 2. The molecule has 0 aromatic heterocycles. The highest BCUT2D eigenvalue weighted by Gasteiger charge is 2.05. The van der Waals surface area contributed by atoms with E-state index in [0.29, 0.717) is 6.42 Å². The van der Waals surface area contributed by atoms with E-state index in [0.717, 1.165) is 10.9 Å². The predicted molar refractivity (Wildman–Crippen MR) is 104 cm³/mol. The third-order valence-corrected chi connectivity index (χ3v) is 4.69. The van der Waals surface area contributed by atoms with Crippen LogP contribution in [0.1, 0.15) is 96.3 Å². The van der Waals surface area contributed by atoms with Crippen LogP contribution in [0, 0.1) is 0 Å². The van der Waals surface area contributed by atoms with Crippen molar-refractivity contribution < 1.29 is 14.0 Å². The van der Waals surface area contributed by atoms with Crippen LogP contribution in [0.25, 0.3) is 0 Å². The molecule has 0 N–H and O–H groups in total. The maximum absolute atomic E-state index is 11.0. The van der Waals surface area contributed by atoms with E-state index in [4.69, 9.17) is 0 Å². The summed E-state index contributed by atoms with van der Waals surface area (Å²) in [5.41, 5.74) is 0. The molecule has 0 unspecified atom stereocenters. The Morgan fingerprint density at radius 3 is 1.29 bits per heavy atom. The van der Waals surface area contributed by atoms with Crippen molar-refractivity contribution in [2.75, 3.05) is 34.8 Å². The van der Waals surface area contributed by atoms with Crippen molar-refractivity contribution in [1.29, 1.82) is 0 Å². The van der Waals surface area contributed by atoms with Crippen molar-refractivity contribution in [2.45, 2.75) is 96.3 Å². The third kappa shape index (κ3) is 19.5. The second-order valence-electron chi connectivity index (χ2n) is 8.29. The van der Waals surface area contributed by atoms with E-state index in [-0.39, 0.29) is 5.97 Å². The van der Waals surface area contributed by atoms with Crippen LogP contribution in [0.3, 0.4) is 0 Å². The average Bonchev–Trinajstić information content (AvgIpc) is 2.53. The maximum Gasteiger partial charge on any atom is 0.305 e. The molecule has 0 spiro atoms. The second kappa shape index (κ2) is 15.9. The van der Waals surface area contributed by atoms with E-state index < -0.39 is 0 Å². The van der Waals surface area contributed by atoms with Gasteiger partial charge in [0.25, 0.3) is 0 Å². The van der Waals surface area contributed by atoms with Crippen molar-refractivity contribution in [2.24, 2.45) is 0 Å². The number of hydrogen-bond donors (Lipinski definition) is 0. The molecular formula is C21H44NO2+. The van der Waals surface area contributed by atoms with Gasteiger partial charge in [-0.05, 0) is 19.3 Å². The molecule has 0 aromatic rings. The Hall–Kier alpha value is -0.570. The number of esters is 1. The van der Waals surface area contributed by atoms with Crippen molar-refractivity contribution >= 4 is 5.97 Å². The molecule has 0 aliphatic heterocycles. The summed E-state index contributed by atoms with van der Waals surface area (Å²) in [5, 5.41) is 0. The Balaban J connectivity index is 3.06. The maximum atomic E-state index is 11.0. The second-order valence-corrected chi connectivity index (χ2v) is 8.29. The molecule has 0 aliphatic carbocycles. The van der Waals surface area contributed by atoms with Gasteiger partial charge in [0, 0.05) is 6.42 Å². The summed E-state index contributed by atoms with van der Waals surface area (Å²) < 4.78 is 5.75. The summed E-state index contributed by atoms with van der Waals surface area (Å²) in [4.78, 5) is 11.0. The normalized spacial score (nSPS) is 11.7. The molecule has 144 valence electrons.